The van der Waals surface area contributed by atoms with Crippen LogP contribution in [0.15, 0.2) is 17.8 Å². The molecule has 5 nitrogen and oxygen atoms in total. The van der Waals surface area contributed by atoms with Crippen LogP contribution in [0, 0.1) is 0 Å². The SMILES string of the molecule is CC(N)c1csc(N2CCn3ccnc3C2)n1. The lowest BCUT2D eigenvalue weighted by Gasteiger charge is -2.27. The molecule has 1 unspecified atom stereocenters. The number of rotatable bonds is 2. The predicted molar refractivity (Wildman–Crippen MR) is 68.0 cm³/mol. The van der Waals surface area contributed by atoms with Gasteiger partial charge in [-0.25, -0.2) is 9.97 Å². The van der Waals surface area contributed by atoms with Gasteiger partial charge in [0, 0.05) is 36.9 Å². The minimum Gasteiger partial charge on any atom is -0.339 e. The maximum absolute atomic E-state index is 5.83. The van der Waals surface area contributed by atoms with Crippen LogP contribution in [0.2, 0.25) is 0 Å². The second kappa shape index (κ2) is 4.12. The van der Waals surface area contributed by atoms with Crippen molar-refractivity contribution >= 4 is 16.5 Å². The van der Waals surface area contributed by atoms with Crippen molar-refractivity contribution in [1.29, 1.82) is 0 Å². The Hall–Kier alpha value is -1.40. The van der Waals surface area contributed by atoms with Crippen LogP contribution in [0.3, 0.4) is 0 Å². The summed E-state index contributed by atoms with van der Waals surface area (Å²) in [4.78, 5) is 11.2. The van der Waals surface area contributed by atoms with Crippen molar-refractivity contribution in [3.05, 3.63) is 29.3 Å². The summed E-state index contributed by atoms with van der Waals surface area (Å²) in [5.74, 6) is 1.11. The molecule has 1 aliphatic rings. The van der Waals surface area contributed by atoms with Gasteiger partial charge in [-0.1, -0.05) is 0 Å². The zero-order valence-electron chi connectivity index (χ0n) is 9.71. The molecule has 2 aromatic rings. The van der Waals surface area contributed by atoms with E-state index >= 15 is 0 Å². The third-order valence-electron chi connectivity index (χ3n) is 2.99. The average molecular weight is 249 g/mol. The molecule has 0 amide bonds. The topological polar surface area (TPSA) is 60.0 Å². The Morgan fingerprint density at radius 1 is 1.47 bits per heavy atom. The fraction of sp³-hybridized carbons (Fsp3) is 0.455. The number of anilines is 1. The van der Waals surface area contributed by atoms with E-state index in [1.54, 1.807) is 11.3 Å². The quantitative estimate of drug-likeness (QED) is 0.873. The molecule has 3 rings (SSSR count). The molecule has 90 valence electrons. The van der Waals surface area contributed by atoms with Crippen molar-refractivity contribution in [2.24, 2.45) is 5.73 Å². The third kappa shape index (κ3) is 1.94. The van der Waals surface area contributed by atoms with Gasteiger partial charge in [-0.05, 0) is 6.92 Å². The summed E-state index contributed by atoms with van der Waals surface area (Å²) in [5, 5.41) is 3.09. The zero-order chi connectivity index (χ0) is 11.8. The third-order valence-corrected chi connectivity index (χ3v) is 3.91. The molecule has 0 aromatic carbocycles. The van der Waals surface area contributed by atoms with E-state index in [1.165, 1.54) is 0 Å². The van der Waals surface area contributed by atoms with E-state index in [0.717, 1.165) is 36.3 Å². The molecule has 0 bridgehead atoms. The van der Waals surface area contributed by atoms with E-state index in [9.17, 15) is 0 Å². The highest BCUT2D eigenvalue weighted by Crippen LogP contribution is 2.26. The number of hydrogen-bond acceptors (Lipinski definition) is 5. The minimum absolute atomic E-state index is 0.00627. The van der Waals surface area contributed by atoms with Gasteiger partial charge in [0.15, 0.2) is 5.13 Å². The molecule has 2 N–H and O–H groups in total. The second-order valence-electron chi connectivity index (χ2n) is 4.30. The second-order valence-corrected chi connectivity index (χ2v) is 5.14. The molecule has 0 saturated carbocycles. The van der Waals surface area contributed by atoms with Gasteiger partial charge in [-0.15, -0.1) is 11.3 Å². The van der Waals surface area contributed by atoms with Crippen LogP contribution < -0.4 is 10.6 Å². The molecule has 0 radical (unpaired) electrons. The van der Waals surface area contributed by atoms with Gasteiger partial charge >= 0.3 is 0 Å². The Morgan fingerprint density at radius 2 is 2.35 bits per heavy atom. The molecule has 3 heterocycles. The smallest absolute Gasteiger partial charge is 0.186 e. The van der Waals surface area contributed by atoms with E-state index in [1.807, 2.05) is 24.7 Å². The summed E-state index contributed by atoms with van der Waals surface area (Å²) >= 11 is 1.66. The van der Waals surface area contributed by atoms with E-state index < -0.39 is 0 Å². The minimum atomic E-state index is 0.00627. The summed E-state index contributed by atoms with van der Waals surface area (Å²) in [6, 6.07) is 0.00627. The number of fused-ring (bicyclic) bond motifs is 1. The molecule has 1 aliphatic heterocycles. The summed E-state index contributed by atoms with van der Waals surface area (Å²) in [6.07, 6.45) is 3.88. The van der Waals surface area contributed by atoms with Crippen LogP contribution in [0.25, 0.3) is 0 Å². The van der Waals surface area contributed by atoms with Gasteiger partial charge in [0.2, 0.25) is 0 Å². The van der Waals surface area contributed by atoms with Crippen LogP contribution >= 0.6 is 11.3 Å². The van der Waals surface area contributed by atoms with E-state index in [4.69, 9.17) is 5.73 Å². The molecule has 17 heavy (non-hydrogen) atoms. The summed E-state index contributed by atoms with van der Waals surface area (Å²) in [5.41, 5.74) is 6.80. The molecular formula is C11H15N5S. The van der Waals surface area contributed by atoms with Gasteiger partial charge in [0.1, 0.15) is 5.82 Å². The van der Waals surface area contributed by atoms with Crippen molar-refractivity contribution in [3.63, 3.8) is 0 Å². The standard InChI is InChI=1S/C11H15N5S/c1-8(12)9-7-17-11(14-9)16-5-4-15-3-2-13-10(15)6-16/h2-3,7-8H,4-6,12H2,1H3. The molecule has 0 aliphatic carbocycles. The average Bonchev–Trinajstić information content (AvgIpc) is 2.97. The Bertz CT molecular complexity index is 515. The van der Waals surface area contributed by atoms with E-state index in [-0.39, 0.29) is 6.04 Å². The van der Waals surface area contributed by atoms with Crippen molar-refractivity contribution in [1.82, 2.24) is 14.5 Å². The first-order valence-electron chi connectivity index (χ1n) is 5.70. The fourth-order valence-corrected chi connectivity index (χ4v) is 2.92. The van der Waals surface area contributed by atoms with Crippen LogP contribution in [0.4, 0.5) is 5.13 Å². The van der Waals surface area contributed by atoms with Crippen LogP contribution in [0.1, 0.15) is 24.5 Å². The van der Waals surface area contributed by atoms with Gasteiger partial charge in [0.25, 0.3) is 0 Å². The molecule has 0 fully saturated rings. The number of aromatic nitrogens is 3. The summed E-state index contributed by atoms with van der Waals surface area (Å²) < 4.78 is 2.19. The van der Waals surface area contributed by atoms with E-state index in [0.29, 0.717) is 0 Å². The fourth-order valence-electron chi connectivity index (χ4n) is 1.97. The van der Waals surface area contributed by atoms with Crippen molar-refractivity contribution in [2.45, 2.75) is 26.1 Å². The molecule has 0 saturated heterocycles. The Balaban J connectivity index is 1.82. The number of hydrogen-bond donors (Lipinski definition) is 1. The van der Waals surface area contributed by atoms with Gasteiger partial charge < -0.3 is 15.2 Å². The first kappa shape index (κ1) is 10.7. The highest BCUT2D eigenvalue weighted by atomic mass is 32.1. The first-order chi connectivity index (χ1) is 8.24. The van der Waals surface area contributed by atoms with Crippen LogP contribution in [-0.2, 0) is 13.1 Å². The molecule has 1 atom stereocenters. The highest BCUT2D eigenvalue weighted by Gasteiger charge is 2.19. The number of nitrogens with two attached hydrogens (primary N) is 1. The maximum atomic E-state index is 5.83. The van der Waals surface area contributed by atoms with Crippen molar-refractivity contribution in [2.75, 3.05) is 11.4 Å². The van der Waals surface area contributed by atoms with Crippen molar-refractivity contribution < 1.29 is 0 Å². The summed E-state index contributed by atoms with van der Waals surface area (Å²) in [6.45, 7) is 4.75. The lowest BCUT2D eigenvalue weighted by Crippen LogP contribution is -2.33. The first-order valence-corrected chi connectivity index (χ1v) is 6.58. The van der Waals surface area contributed by atoms with Crippen LogP contribution in [0.5, 0.6) is 0 Å². The lowest BCUT2D eigenvalue weighted by molar-refractivity contribution is 0.558. The predicted octanol–water partition coefficient (Wildman–Crippen LogP) is 1.38. The number of thiazole rings is 1. The van der Waals surface area contributed by atoms with E-state index in [2.05, 4.69) is 19.4 Å². The van der Waals surface area contributed by atoms with Gasteiger partial charge in [0.05, 0.1) is 12.2 Å². The maximum Gasteiger partial charge on any atom is 0.186 e. The lowest BCUT2D eigenvalue weighted by atomic mass is 10.3. The number of imidazole rings is 1. The zero-order valence-corrected chi connectivity index (χ0v) is 10.5. The highest BCUT2D eigenvalue weighted by molar-refractivity contribution is 7.13. The summed E-state index contributed by atoms with van der Waals surface area (Å²) in [7, 11) is 0. The van der Waals surface area contributed by atoms with Gasteiger partial charge in [-0.2, -0.15) is 0 Å². The number of nitrogens with zero attached hydrogens (tertiary/aromatic N) is 4. The molecule has 2 aromatic heterocycles. The normalized spacial score (nSPS) is 16.9. The Labute approximate surface area is 104 Å². The molecule has 6 heteroatoms. The van der Waals surface area contributed by atoms with Crippen LogP contribution in [-0.4, -0.2) is 21.1 Å². The largest absolute Gasteiger partial charge is 0.339 e. The Kier molecular flexibility index (Phi) is 2.60. The Morgan fingerprint density at radius 3 is 3.12 bits per heavy atom. The monoisotopic (exact) mass is 249 g/mol. The van der Waals surface area contributed by atoms with Gasteiger partial charge in [-0.3, -0.25) is 0 Å². The van der Waals surface area contributed by atoms with Crippen molar-refractivity contribution in [3.8, 4) is 0 Å². The molecule has 0 spiro atoms. The molecular weight excluding hydrogens is 234 g/mol.